The molecule has 0 saturated heterocycles. The zero-order chi connectivity index (χ0) is 85.4. The van der Waals surface area contributed by atoms with Crippen molar-refractivity contribution in [2.24, 2.45) is 0 Å². The Morgan fingerprint density at radius 3 is 1.49 bits per heavy atom. The minimum Gasteiger partial charge on any atom is -0.513 e. The number of hydrogen-bond donors (Lipinski definition) is 2. The third kappa shape index (κ3) is 20.3. The molecular formula is C114H83Ir5N7O2S2-6. The van der Waals surface area contributed by atoms with Crippen LogP contribution in [0, 0.1) is 36.4 Å². The third-order valence-corrected chi connectivity index (χ3v) is 24.8. The van der Waals surface area contributed by atoms with Crippen LogP contribution in [0.25, 0.3) is 174 Å². The summed E-state index contributed by atoms with van der Waals surface area (Å²) in [6.45, 7) is 12.4. The number of aliphatic hydroxyl groups excluding tert-OH is 2. The van der Waals surface area contributed by atoms with Gasteiger partial charge in [-0.2, -0.15) is 12.1 Å². The van der Waals surface area contributed by atoms with Crippen LogP contribution in [0.5, 0.6) is 0 Å². The monoisotopic (exact) mass is 2610 g/mol. The van der Waals surface area contributed by atoms with Crippen LogP contribution in [0.1, 0.15) is 63.8 Å². The van der Waals surface area contributed by atoms with Crippen molar-refractivity contribution in [3.8, 4) is 77.0 Å². The minimum atomic E-state index is -0.537. The SMILES string of the molecule is CC(O)=CC(C)O.CC1(C)c2ccccc2-c2c[c-]c(-c3ccc(-c4ccc5c(c4)C(C)(C)c4ccccc4-5)cn3)cc21.[Ir].[Ir].[Ir].[Ir].[Ir].[c-]1c(-c2ccccn2)sc2ccccc12.[c-]1cccc2c1c1ncccc1c1ccccc21.[c-]1cccc2c1c1nccnc1c1ccccc21.[c-]1ccccc1-c1nccc2ccccc12.[c-]1ccsc1-c1nccc2ccccc12. The number of fused-ring (bicyclic) bond motifs is 21. The van der Waals surface area contributed by atoms with E-state index in [4.69, 9.17) is 15.2 Å². The minimum absolute atomic E-state index is 0. The number of thiophene rings is 2. The van der Waals surface area contributed by atoms with E-state index in [2.05, 4.69) is 288 Å². The number of allylic oxidation sites excluding steroid dienone is 1. The van der Waals surface area contributed by atoms with Crippen molar-refractivity contribution in [2.75, 3.05) is 0 Å². The van der Waals surface area contributed by atoms with Crippen molar-refractivity contribution in [3.63, 3.8) is 0 Å². The second kappa shape index (κ2) is 43.4. The molecule has 9 nitrogen and oxygen atoms in total. The average Bonchev–Trinajstić information content (AvgIpc) is 1.66. The Morgan fingerprint density at radius 1 is 0.362 bits per heavy atom. The smallest absolute Gasteiger partial charge is 0.0877 e. The molecule has 24 rings (SSSR count). The summed E-state index contributed by atoms with van der Waals surface area (Å²) in [6, 6.07) is 131. The fraction of sp³-hybridized carbons (Fsp3) is 0.0789. The van der Waals surface area contributed by atoms with E-state index in [0.717, 1.165) is 81.9 Å². The second-order valence-corrected chi connectivity index (χ2v) is 33.6. The predicted octanol–water partition coefficient (Wildman–Crippen LogP) is 29.0. The van der Waals surface area contributed by atoms with Crippen LogP contribution in [-0.2, 0) is 111 Å². The maximum absolute atomic E-state index is 8.49. The number of aliphatic hydroxyl groups is 2. The van der Waals surface area contributed by atoms with Crippen molar-refractivity contribution in [1.82, 2.24) is 34.9 Å². The Balaban J connectivity index is 0.000000134. The number of pyridine rings is 5. The largest absolute Gasteiger partial charge is 0.513 e. The summed E-state index contributed by atoms with van der Waals surface area (Å²) in [5.74, 6) is 0.162. The van der Waals surface area contributed by atoms with Gasteiger partial charge in [0, 0.05) is 161 Å². The van der Waals surface area contributed by atoms with Gasteiger partial charge >= 0.3 is 0 Å². The normalized spacial score (nSPS) is 12.1. The molecule has 2 N–H and O–H groups in total. The first-order valence-corrected chi connectivity index (χ1v) is 43.2. The van der Waals surface area contributed by atoms with Crippen molar-refractivity contribution in [3.05, 3.63) is 441 Å². The van der Waals surface area contributed by atoms with Crippen molar-refractivity contribution >= 4 is 119 Å². The van der Waals surface area contributed by atoms with E-state index in [9.17, 15) is 0 Å². The Hall–Kier alpha value is -11.6. The molecule has 649 valence electrons. The molecule has 8 aromatic heterocycles. The van der Waals surface area contributed by atoms with Gasteiger partial charge in [-0.25, -0.2) is 22.7 Å². The quantitative estimate of drug-likeness (QED) is 0.0949. The van der Waals surface area contributed by atoms with Gasteiger partial charge in [-0.3, -0.25) is 4.98 Å². The molecule has 22 aromatic rings. The number of aromatic nitrogens is 7. The van der Waals surface area contributed by atoms with E-state index >= 15 is 0 Å². The molecule has 5 radical (unpaired) electrons. The van der Waals surface area contributed by atoms with Crippen LogP contribution in [0.4, 0.5) is 0 Å². The molecule has 1 atom stereocenters. The van der Waals surface area contributed by atoms with Crippen LogP contribution in [0.3, 0.4) is 0 Å². The van der Waals surface area contributed by atoms with Crippen molar-refractivity contribution < 1.29 is 111 Å². The summed E-state index contributed by atoms with van der Waals surface area (Å²) < 4.78 is 1.26. The maximum Gasteiger partial charge on any atom is 0.0877 e. The summed E-state index contributed by atoms with van der Waals surface area (Å²) in [7, 11) is 0. The van der Waals surface area contributed by atoms with Crippen LogP contribution in [-0.4, -0.2) is 51.2 Å². The van der Waals surface area contributed by atoms with Gasteiger partial charge in [-0.1, -0.05) is 265 Å². The Bertz CT molecular complexity index is 6940. The van der Waals surface area contributed by atoms with E-state index < -0.39 is 6.10 Å². The van der Waals surface area contributed by atoms with E-state index in [1.807, 2.05) is 164 Å². The molecule has 14 aromatic carbocycles. The van der Waals surface area contributed by atoms with Gasteiger partial charge in [0.1, 0.15) is 0 Å². The van der Waals surface area contributed by atoms with E-state index in [0.29, 0.717) is 0 Å². The molecule has 0 fully saturated rings. The summed E-state index contributed by atoms with van der Waals surface area (Å²) in [5.41, 5.74) is 22.2. The Morgan fingerprint density at radius 2 is 0.877 bits per heavy atom. The first kappa shape index (κ1) is 96.0. The average molecular weight is 2610 g/mol. The molecule has 16 heteroatoms. The molecule has 0 aliphatic heterocycles. The first-order chi connectivity index (χ1) is 61.2. The zero-order valence-electron chi connectivity index (χ0n) is 71.4. The van der Waals surface area contributed by atoms with Gasteiger partial charge in [0.2, 0.25) is 0 Å². The van der Waals surface area contributed by atoms with Crippen molar-refractivity contribution in [2.45, 2.75) is 58.5 Å². The number of benzene rings is 14. The second-order valence-electron chi connectivity index (χ2n) is 31.6. The van der Waals surface area contributed by atoms with E-state index in [-0.39, 0.29) is 117 Å². The molecule has 130 heavy (non-hydrogen) atoms. The molecule has 0 amide bonds. The summed E-state index contributed by atoms with van der Waals surface area (Å²) in [5, 5.41) is 35.5. The fourth-order valence-corrected chi connectivity index (χ4v) is 18.6. The van der Waals surface area contributed by atoms with Crippen LogP contribution in [0.2, 0.25) is 0 Å². The number of hydrogen-bond acceptors (Lipinski definition) is 11. The zero-order valence-corrected chi connectivity index (χ0v) is 85.0. The molecule has 2 aliphatic carbocycles. The predicted molar refractivity (Wildman–Crippen MR) is 520 cm³/mol. The molecular weight excluding hydrogens is 2520 g/mol. The van der Waals surface area contributed by atoms with Crippen molar-refractivity contribution in [1.29, 1.82) is 0 Å². The maximum atomic E-state index is 8.49. The third-order valence-electron chi connectivity index (χ3n) is 22.9. The van der Waals surface area contributed by atoms with Gasteiger partial charge < -0.3 is 40.1 Å². The first-order valence-electron chi connectivity index (χ1n) is 41.5. The summed E-state index contributed by atoms with van der Waals surface area (Å²) >= 11 is 3.41. The van der Waals surface area contributed by atoms with Gasteiger partial charge in [0.25, 0.3) is 0 Å². The van der Waals surface area contributed by atoms with E-state index in [1.54, 1.807) is 42.0 Å². The fourth-order valence-electron chi connectivity index (χ4n) is 17.0. The Kier molecular flexibility index (Phi) is 32.1. The van der Waals surface area contributed by atoms with Crippen LogP contribution < -0.4 is 0 Å². The molecule has 0 spiro atoms. The van der Waals surface area contributed by atoms with Crippen LogP contribution in [0.15, 0.2) is 382 Å². The Labute approximate surface area is 832 Å². The number of nitrogens with zero attached hydrogens (tertiary/aromatic N) is 7. The molecule has 2 aliphatic rings. The van der Waals surface area contributed by atoms with E-state index in [1.165, 1.54) is 127 Å². The molecule has 8 heterocycles. The van der Waals surface area contributed by atoms with Gasteiger partial charge in [0.05, 0.1) is 17.4 Å². The van der Waals surface area contributed by atoms with Crippen LogP contribution >= 0.6 is 22.7 Å². The van der Waals surface area contributed by atoms with Gasteiger partial charge in [-0.15, -0.1) is 153 Å². The van der Waals surface area contributed by atoms with Gasteiger partial charge in [0.15, 0.2) is 0 Å². The topological polar surface area (TPSA) is 131 Å². The standard InChI is InChI=1S/C35H28N.C17H10N.C16H9N2.C15H10N.2C13H8NS.C5H10O2.5Ir/c1-34(2)29-11-7-5-9-25(29)27-16-13-22(19-31(27)34)24-15-18-33(36-21-24)23-14-17-28-26-10-6-8-12-30(26)35(3,4)32(28)20-23;1-2-7-14-12(6-1)13-8-3-4-9-15(13)17-16(14)10-5-11-18-17;1-3-7-13-11(5-1)12-6-2-4-8-14(12)16-15(13)17-9-10-18-16;1-2-7-13(8-3-1)15-14-9-5-4-6-12(14)10-11-16-15;1-2-7-12-10(5-1)9-13(15-12)11-6-3-4-8-14-11;1-2-5-11-10(4-1)7-8-14-13(11)12-6-3-9-15-12;1-4(6)3-5(2)7;;;;;/h5-13,15-21H,1-4H3;1-8,10-11H;1-7,9-10H;1-7,9-11H;1-8H;1-5,7-9H;3-4,6-7H,1-2H3;;;;;/q6*-1;;;;;;. The summed E-state index contributed by atoms with van der Waals surface area (Å²) in [4.78, 5) is 33.8. The molecule has 0 saturated carbocycles. The number of rotatable bonds is 6. The summed E-state index contributed by atoms with van der Waals surface area (Å²) in [6.07, 6.45) is 13.7. The van der Waals surface area contributed by atoms with Gasteiger partial charge in [-0.05, 0) is 164 Å². The molecule has 1 unspecified atom stereocenters. The molecule has 0 bridgehead atoms.